The van der Waals surface area contributed by atoms with Crippen LogP contribution in [0, 0.1) is 6.92 Å². The third-order valence-corrected chi connectivity index (χ3v) is 4.53. The second kappa shape index (κ2) is 9.73. The number of carboxylic acid groups (broad SMARTS) is 1. The lowest BCUT2D eigenvalue weighted by Crippen LogP contribution is -2.22. The van der Waals surface area contributed by atoms with E-state index in [9.17, 15) is 9.59 Å². The fourth-order valence-corrected chi connectivity index (χ4v) is 2.93. The number of nitrogens with one attached hydrogen (secondary N) is 1. The molecular formula is C21H27N3O4. The van der Waals surface area contributed by atoms with E-state index < -0.39 is 5.97 Å². The van der Waals surface area contributed by atoms with Gasteiger partial charge in [0, 0.05) is 36.3 Å². The Morgan fingerprint density at radius 3 is 2.39 bits per heavy atom. The molecule has 2 rings (SSSR count). The van der Waals surface area contributed by atoms with Gasteiger partial charge in [-0.1, -0.05) is 0 Å². The van der Waals surface area contributed by atoms with Crippen molar-refractivity contribution in [1.82, 2.24) is 5.43 Å². The van der Waals surface area contributed by atoms with Crippen molar-refractivity contribution in [2.24, 2.45) is 5.10 Å². The van der Waals surface area contributed by atoms with Crippen LogP contribution >= 0.6 is 0 Å². The Kier molecular flexibility index (Phi) is 7.37. The Bertz CT molecular complexity index is 849. The molecular weight excluding hydrogens is 358 g/mol. The largest absolute Gasteiger partial charge is 0.481 e. The van der Waals surface area contributed by atoms with Gasteiger partial charge in [0.2, 0.25) is 0 Å². The number of rotatable bonds is 9. The third-order valence-electron chi connectivity index (χ3n) is 4.53. The number of aliphatic carboxylic acids is 1. The van der Waals surface area contributed by atoms with Crippen LogP contribution in [0.15, 0.2) is 39.9 Å². The molecule has 0 aliphatic heterocycles. The Morgan fingerprint density at radius 2 is 1.82 bits per heavy atom. The van der Waals surface area contributed by atoms with E-state index in [2.05, 4.69) is 29.3 Å². The number of anilines is 1. The van der Waals surface area contributed by atoms with E-state index in [-0.39, 0.29) is 12.3 Å². The lowest BCUT2D eigenvalue weighted by molar-refractivity contribution is -0.137. The number of carbonyl (C=O) groups excluding carboxylic acids is 1. The Hall–Kier alpha value is -3.09. The van der Waals surface area contributed by atoms with Crippen LogP contribution in [0.3, 0.4) is 0 Å². The van der Waals surface area contributed by atoms with Crippen molar-refractivity contribution >= 4 is 23.3 Å². The van der Waals surface area contributed by atoms with Crippen molar-refractivity contribution in [3.8, 4) is 0 Å². The Labute approximate surface area is 165 Å². The van der Waals surface area contributed by atoms with E-state index in [1.807, 2.05) is 12.1 Å². The average molecular weight is 385 g/mol. The molecule has 150 valence electrons. The molecule has 0 unspecified atom stereocenters. The molecule has 0 spiro atoms. The lowest BCUT2D eigenvalue weighted by Gasteiger charge is -2.20. The molecule has 0 aliphatic rings. The van der Waals surface area contributed by atoms with E-state index in [1.54, 1.807) is 32.0 Å². The lowest BCUT2D eigenvalue weighted by atomic mass is 10.1. The number of hydrogen-bond acceptors (Lipinski definition) is 5. The smallest absolute Gasteiger partial charge is 0.303 e. The molecule has 0 fully saturated rings. The highest BCUT2D eigenvalue weighted by molar-refractivity contribution is 6.01. The van der Waals surface area contributed by atoms with Crippen LogP contribution < -0.4 is 10.3 Å². The Balaban J connectivity index is 2.04. The first kappa shape index (κ1) is 21.2. The summed E-state index contributed by atoms with van der Waals surface area (Å²) < 4.78 is 5.57. The molecule has 0 saturated heterocycles. The van der Waals surface area contributed by atoms with Crippen molar-refractivity contribution in [3.05, 3.63) is 53.0 Å². The zero-order valence-corrected chi connectivity index (χ0v) is 16.8. The molecule has 28 heavy (non-hydrogen) atoms. The molecule has 1 heterocycles. The van der Waals surface area contributed by atoms with E-state index >= 15 is 0 Å². The first-order valence-electron chi connectivity index (χ1n) is 9.36. The molecule has 7 nitrogen and oxygen atoms in total. The summed E-state index contributed by atoms with van der Waals surface area (Å²) in [5.74, 6) is 0.0557. The van der Waals surface area contributed by atoms with Gasteiger partial charge in [0.1, 0.15) is 11.5 Å². The van der Waals surface area contributed by atoms with Gasteiger partial charge in [-0.05, 0) is 58.0 Å². The first-order valence-corrected chi connectivity index (χ1v) is 9.36. The summed E-state index contributed by atoms with van der Waals surface area (Å²) in [4.78, 5) is 25.2. The van der Waals surface area contributed by atoms with E-state index in [4.69, 9.17) is 9.52 Å². The predicted molar refractivity (Wildman–Crippen MR) is 109 cm³/mol. The summed E-state index contributed by atoms with van der Waals surface area (Å²) in [6.07, 6.45) is 0.317. The van der Waals surface area contributed by atoms with Gasteiger partial charge in [-0.15, -0.1) is 0 Å². The zero-order valence-electron chi connectivity index (χ0n) is 16.8. The first-order chi connectivity index (χ1) is 13.3. The van der Waals surface area contributed by atoms with Gasteiger partial charge < -0.3 is 14.4 Å². The minimum Gasteiger partial charge on any atom is -0.481 e. The fraction of sp³-hybridized carbons (Fsp3) is 0.381. The van der Waals surface area contributed by atoms with Crippen LogP contribution in [0.25, 0.3) is 0 Å². The number of hydrazone groups is 1. The van der Waals surface area contributed by atoms with Crippen LogP contribution in [-0.2, 0) is 11.2 Å². The molecule has 0 saturated carbocycles. The van der Waals surface area contributed by atoms with Gasteiger partial charge in [0.25, 0.3) is 5.91 Å². The van der Waals surface area contributed by atoms with E-state index in [1.165, 1.54) is 0 Å². The topological polar surface area (TPSA) is 95.1 Å². The SMILES string of the molecule is CCN(CC)c1ccc(C(=O)N/N=C(/C)c2cc(CCC(=O)O)oc2C)cc1. The second-order valence-electron chi connectivity index (χ2n) is 6.43. The molecule has 1 aromatic heterocycles. The summed E-state index contributed by atoms with van der Waals surface area (Å²) in [6.45, 7) is 9.54. The van der Waals surface area contributed by atoms with Crippen molar-refractivity contribution in [3.63, 3.8) is 0 Å². The minimum absolute atomic E-state index is 0.00278. The maximum atomic E-state index is 12.3. The molecule has 1 amide bonds. The molecule has 0 atom stereocenters. The summed E-state index contributed by atoms with van der Waals surface area (Å²) >= 11 is 0. The molecule has 7 heteroatoms. The highest BCUT2D eigenvalue weighted by atomic mass is 16.4. The summed E-state index contributed by atoms with van der Waals surface area (Å²) in [6, 6.07) is 9.17. The molecule has 0 bridgehead atoms. The average Bonchev–Trinajstić information content (AvgIpc) is 3.06. The van der Waals surface area contributed by atoms with Crippen molar-refractivity contribution in [1.29, 1.82) is 0 Å². The van der Waals surface area contributed by atoms with Crippen molar-refractivity contribution in [2.75, 3.05) is 18.0 Å². The highest BCUT2D eigenvalue weighted by Gasteiger charge is 2.12. The quantitative estimate of drug-likeness (QED) is 0.508. The highest BCUT2D eigenvalue weighted by Crippen LogP contribution is 2.17. The van der Waals surface area contributed by atoms with Gasteiger partial charge in [-0.25, -0.2) is 5.43 Å². The van der Waals surface area contributed by atoms with E-state index in [0.717, 1.165) is 24.3 Å². The number of aryl methyl sites for hydroxylation is 2. The van der Waals surface area contributed by atoms with Crippen LogP contribution in [0.4, 0.5) is 5.69 Å². The maximum Gasteiger partial charge on any atom is 0.303 e. The maximum absolute atomic E-state index is 12.3. The monoisotopic (exact) mass is 385 g/mol. The summed E-state index contributed by atoms with van der Waals surface area (Å²) in [5, 5.41) is 12.9. The number of amides is 1. The van der Waals surface area contributed by atoms with Crippen molar-refractivity contribution in [2.45, 2.75) is 40.5 Å². The van der Waals surface area contributed by atoms with Crippen LogP contribution in [0.1, 0.15) is 54.6 Å². The van der Waals surface area contributed by atoms with Crippen LogP contribution in [0.5, 0.6) is 0 Å². The number of carboxylic acids is 1. The second-order valence-corrected chi connectivity index (χ2v) is 6.43. The molecule has 2 aromatic rings. The van der Waals surface area contributed by atoms with Crippen LogP contribution in [-0.4, -0.2) is 35.8 Å². The zero-order chi connectivity index (χ0) is 20.7. The van der Waals surface area contributed by atoms with Gasteiger partial charge in [0.15, 0.2) is 0 Å². The third kappa shape index (κ3) is 5.45. The number of carbonyl (C=O) groups is 2. The van der Waals surface area contributed by atoms with Gasteiger partial charge in [-0.3, -0.25) is 9.59 Å². The number of benzene rings is 1. The Morgan fingerprint density at radius 1 is 1.18 bits per heavy atom. The van der Waals surface area contributed by atoms with Gasteiger partial charge in [0.05, 0.1) is 12.1 Å². The van der Waals surface area contributed by atoms with E-state index in [0.29, 0.717) is 29.2 Å². The normalized spacial score (nSPS) is 11.4. The predicted octanol–water partition coefficient (Wildman–Crippen LogP) is 3.61. The number of furan rings is 1. The fourth-order valence-electron chi connectivity index (χ4n) is 2.93. The number of nitrogens with zero attached hydrogens (tertiary/aromatic N) is 2. The standard InChI is InChI=1S/C21H27N3O4/c1-5-24(6-2)17-9-7-16(8-10-17)21(27)23-22-14(3)19-13-18(28-15(19)4)11-12-20(25)26/h7-10,13H,5-6,11-12H2,1-4H3,(H,23,27)(H,25,26)/b22-14-. The summed E-state index contributed by atoms with van der Waals surface area (Å²) in [5.41, 5.74) is 5.50. The number of hydrogen-bond donors (Lipinski definition) is 2. The molecule has 0 radical (unpaired) electrons. The van der Waals surface area contributed by atoms with Gasteiger partial charge >= 0.3 is 5.97 Å². The summed E-state index contributed by atoms with van der Waals surface area (Å²) in [7, 11) is 0. The molecule has 1 aromatic carbocycles. The van der Waals surface area contributed by atoms with Crippen molar-refractivity contribution < 1.29 is 19.1 Å². The minimum atomic E-state index is -0.875. The molecule has 0 aliphatic carbocycles. The van der Waals surface area contributed by atoms with Crippen LogP contribution in [0.2, 0.25) is 0 Å². The molecule has 2 N–H and O–H groups in total. The van der Waals surface area contributed by atoms with Gasteiger partial charge in [-0.2, -0.15) is 5.10 Å².